The van der Waals surface area contributed by atoms with Crippen molar-refractivity contribution in [1.29, 1.82) is 0 Å². The molecule has 0 aliphatic heterocycles. The van der Waals surface area contributed by atoms with Gasteiger partial charge in [0, 0.05) is 0 Å². The minimum Gasteiger partial charge on any atom is -0.159 e. The van der Waals surface area contributed by atoms with E-state index in [2.05, 4.69) is 46.4 Å². The maximum atomic E-state index is 2.33. The van der Waals surface area contributed by atoms with Crippen molar-refractivity contribution in [2.24, 2.45) is 11.8 Å². The zero-order valence-electron chi connectivity index (χ0n) is 7.85. The van der Waals surface area contributed by atoms with Gasteiger partial charge in [0.25, 0.3) is 0 Å². The molecule has 0 fully saturated rings. The third-order valence-corrected chi connectivity index (χ3v) is 3.22. The van der Waals surface area contributed by atoms with Crippen LogP contribution in [-0.2, 0) is 0 Å². The zero-order valence-corrected chi connectivity index (χ0v) is 8.66. The van der Waals surface area contributed by atoms with Gasteiger partial charge in [0.1, 0.15) is 0 Å². The second-order valence-corrected chi connectivity index (χ2v) is 5.21. The molecule has 0 heterocycles. The minimum atomic E-state index is 0.793. The van der Waals surface area contributed by atoms with Crippen LogP contribution < -0.4 is 0 Å². The molecule has 0 saturated heterocycles. The lowest BCUT2D eigenvalue weighted by Gasteiger charge is -2.15. The van der Waals surface area contributed by atoms with Gasteiger partial charge in [-0.15, -0.1) is 0 Å². The van der Waals surface area contributed by atoms with E-state index in [-0.39, 0.29) is 0 Å². The molecule has 0 aliphatic rings. The first-order valence-corrected chi connectivity index (χ1v) is 5.20. The number of hydrogen-bond acceptors (Lipinski definition) is 1. The van der Waals surface area contributed by atoms with Gasteiger partial charge in [-0.3, -0.25) is 0 Å². The summed E-state index contributed by atoms with van der Waals surface area (Å²) in [6.45, 7) is 11.5. The fourth-order valence-electron chi connectivity index (χ4n) is 0.537. The Labute approximate surface area is 69.8 Å². The number of hydrogen-bond donors (Lipinski definition) is 0. The molecule has 0 radical (unpaired) electrons. The van der Waals surface area contributed by atoms with E-state index in [4.69, 9.17) is 0 Å². The summed E-state index contributed by atoms with van der Waals surface area (Å²) in [5.41, 5.74) is 0. The van der Waals surface area contributed by atoms with E-state index in [1.807, 2.05) is 0 Å². The van der Waals surface area contributed by atoms with Crippen LogP contribution in [0.4, 0.5) is 0 Å². The largest absolute Gasteiger partial charge is 0.159 e. The molecule has 0 bridgehead atoms. The maximum Gasteiger partial charge on any atom is -0.000958 e. The van der Waals surface area contributed by atoms with Gasteiger partial charge < -0.3 is 0 Å². The first-order valence-electron chi connectivity index (χ1n) is 4.15. The zero-order chi connectivity index (χ0) is 8.15. The second kappa shape index (κ2) is 5.06. The lowest BCUT2D eigenvalue weighted by atomic mass is 10.0. The third-order valence-electron chi connectivity index (χ3n) is 1.83. The van der Waals surface area contributed by atoms with Crippen molar-refractivity contribution in [2.45, 2.75) is 39.9 Å². The van der Waals surface area contributed by atoms with Gasteiger partial charge in [0.15, 0.2) is 0 Å². The summed E-state index contributed by atoms with van der Waals surface area (Å²) in [6.07, 6.45) is 0. The van der Waals surface area contributed by atoms with Gasteiger partial charge in [0.2, 0.25) is 0 Å². The summed E-state index contributed by atoms with van der Waals surface area (Å²) >= 11 is 2.07. The Morgan fingerprint density at radius 1 is 1.00 bits per heavy atom. The highest BCUT2D eigenvalue weighted by molar-refractivity contribution is 7.99. The molecule has 0 N–H and O–H groups in total. The molecule has 10 heavy (non-hydrogen) atoms. The normalized spacial score (nSPS) is 14.7. The molecule has 62 valence electrons. The Morgan fingerprint density at radius 2 is 1.50 bits per heavy atom. The molecular formula is C9H20S. The summed E-state index contributed by atoms with van der Waals surface area (Å²) in [5, 5.41) is 0.793. The van der Waals surface area contributed by atoms with E-state index < -0.39 is 0 Å². The van der Waals surface area contributed by atoms with Crippen molar-refractivity contribution in [3.05, 3.63) is 0 Å². The van der Waals surface area contributed by atoms with E-state index in [1.54, 1.807) is 0 Å². The van der Waals surface area contributed by atoms with Crippen LogP contribution in [0.15, 0.2) is 0 Å². The number of thioether (sulfide) groups is 1. The van der Waals surface area contributed by atoms with E-state index in [0.717, 1.165) is 17.1 Å². The minimum absolute atomic E-state index is 0.793. The van der Waals surface area contributed by atoms with Crippen LogP contribution in [-0.4, -0.2) is 11.0 Å². The quantitative estimate of drug-likeness (QED) is 0.607. The van der Waals surface area contributed by atoms with Gasteiger partial charge in [-0.05, 0) is 22.8 Å². The van der Waals surface area contributed by atoms with Crippen LogP contribution in [0.25, 0.3) is 0 Å². The van der Waals surface area contributed by atoms with Gasteiger partial charge in [-0.25, -0.2) is 0 Å². The van der Waals surface area contributed by atoms with Gasteiger partial charge >= 0.3 is 0 Å². The van der Waals surface area contributed by atoms with E-state index >= 15 is 0 Å². The molecule has 0 saturated carbocycles. The van der Waals surface area contributed by atoms with E-state index in [9.17, 15) is 0 Å². The van der Waals surface area contributed by atoms with Crippen LogP contribution in [0.2, 0.25) is 0 Å². The molecule has 0 aromatic rings. The molecule has 0 aromatic heterocycles. The van der Waals surface area contributed by atoms with E-state index in [0.29, 0.717) is 0 Å². The average molecular weight is 160 g/mol. The lowest BCUT2D eigenvalue weighted by molar-refractivity contribution is 0.464. The highest BCUT2D eigenvalue weighted by Crippen LogP contribution is 2.19. The first-order chi connectivity index (χ1) is 4.54. The molecule has 0 spiro atoms. The first kappa shape index (κ1) is 10.3. The van der Waals surface area contributed by atoms with Crippen LogP contribution in [0.3, 0.4) is 0 Å². The Balaban J connectivity index is 3.30. The summed E-state index contributed by atoms with van der Waals surface area (Å²) in [6, 6.07) is 0. The molecule has 1 heteroatoms. The van der Waals surface area contributed by atoms with Gasteiger partial charge in [-0.2, -0.15) is 11.8 Å². The smallest absolute Gasteiger partial charge is 0.000958 e. The second-order valence-electron chi connectivity index (χ2n) is 3.60. The van der Waals surface area contributed by atoms with Crippen molar-refractivity contribution in [2.75, 3.05) is 5.75 Å². The van der Waals surface area contributed by atoms with Crippen molar-refractivity contribution in [3.63, 3.8) is 0 Å². The number of rotatable bonds is 4. The van der Waals surface area contributed by atoms with Crippen molar-refractivity contribution < 1.29 is 0 Å². The van der Waals surface area contributed by atoms with Gasteiger partial charge in [0.05, 0.1) is 0 Å². The van der Waals surface area contributed by atoms with Crippen LogP contribution in [0.1, 0.15) is 34.6 Å². The van der Waals surface area contributed by atoms with E-state index in [1.165, 1.54) is 5.75 Å². The van der Waals surface area contributed by atoms with Gasteiger partial charge in [-0.1, -0.05) is 34.6 Å². The van der Waals surface area contributed by atoms with Crippen molar-refractivity contribution in [3.8, 4) is 0 Å². The highest BCUT2D eigenvalue weighted by Gasteiger charge is 2.07. The van der Waals surface area contributed by atoms with Crippen molar-refractivity contribution >= 4 is 11.8 Å². The Hall–Kier alpha value is 0.350. The van der Waals surface area contributed by atoms with Crippen LogP contribution >= 0.6 is 11.8 Å². The molecule has 0 rings (SSSR count). The topological polar surface area (TPSA) is 0 Å². The molecule has 0 nitrogen and oxygen atoms in total. The molecule has 0 amide bonds. The molecule has 0 unspecified atom stereocenters. The SMILES string of the molecule is CC(C)SC[C@H](C)C(C)C. The predicted octanol–water partition coefficient (Wildman–Crippen LogP) is 3.42. The summed E-state index contributed by atoms with van der Waals surface area (Å²) in [4.78, 5) is 0. The fourth-order valence-corrected chi connectivity index (χ4v) is 1.61. The lowest BCUT2D eigenvalue weighted by Crippen LogP contribution is -2.08. The van der Waals surface area contributed by atoms with Crippen LogP contribution in [0, 0.1) is 11.8 Å². The fraction of sp³-hybridized carbons (Fsp3) is 1.00. The molecule has 0 aromatic carbocycles. The Morgan fingerprint density at radius 3 is 1.80 bits per heavy atom. The average Bonchev–Trinajstić information content (AvgIpc) is 1.82. The summed E-state index contributed by atoms with van der Waals surface area (Å²) in [7, 11) is 0. The highest BCUT2D eigenvalue weighted by atomic mass is 32.2. The van der Waals surface area contributed by atoms with Crippen molar-refractivity contribution in [1.82, 2.24) is 0 Å². The molecular weight excluding hydrogens is 140 g/mol. The molecule has 0 aliphatic carbocycles. The molecule has 1 atom stereocenters. The predicted molar refractivity (Wildman–Crippen MR) is 51.6 cm³/mol. The Bertz CT molecular complexity index is 76.8. The van der Waals surface area contributed by atoms with Crippen LogP contribution in [0.5, 0.6) is 0 Å². The monoisotopic (exact) mass is 160 g/mol. The maximum absolute atomic E-state index is 2.33. The third kappa shape index (κ3) is 5.16. The summed E-state index contributed by atoms with van der Waals surface area (Å²) < 4.78 is 0. The standard InChI is InChI=1S/C9H20S/c1-7(2)9(5)6-10-8(3)4/h7-9H,6H2,1-5H3/t9-/m0/s1. The Kier molecular flexibility index (Phi) is 5.24. The summed E-state index contributed by atoms with van der Waals surface area (Å²) in [5.74, 6) is 3.02.